The Morgan fingerprint density at radius 2 is 2.00 bits per heavy atom. The highest BCUT2D eigenvalue weighted by atomic mass is 16.5. The lowest BCUT2D eigenvalue weighted by atomic mass is 10.1. The molecule has 7 nitrogen and oxygen atoms in total. The number of carbonyl (C=O) groups is 1. The highest BCUT2D eigenvalue weighted by Gasteiger charge is 2.29. The van der Waals surface area contributed by atoms with Gasteiger partial charge in [0.1, 0.15) is 0 Å². The van der Waals surface area contributed by atoms with Gasteiger partial charge in [-0.15, -0.1) is 0 Å². The van der Waals surface area contributed by atoms with Crippen LogP contribution in [-0.2, 0) is 13.1 Å². The number of hydrogen-bond acceptors (Lipinski definition) is 5. The fraction of sp³-hybridized carbons (Fsp3) is 0.333. The Hall–Kier alpha value is -2.96. The van der Waals surface area contributed by atoms with Crippen molar-refractivity contribution < 1.29 is 9.32 Å². The van der Waals surface area contributed by atoms with Crippen LogP contribution in [0.1, 0.15) is 40.7 Å². The van der Waals surface area contributed by atoms with Gasteiger partial charge in [-0.25, -0.2) is 4.98 Å². The molecule has 1 fully saturated rings. The second-order valence-corrected chi connectivity index (χ2v) is 6.61. The van der Waals surface area contributed by atoms with Crippen LogP contribution in [0.5, 0.6) is 0 Å². The van der Waals surface area contributed by atoms with Gasteiger partial charge in [0.05, 0.1) is 18.6 Å². The van der Waals surface area contributed by atoms with Gasteiger partial charge in [0.15, 0.2) is 0 Å². The first kappa shape index (κ1) is 14.4. The zero-order valence-electron chi connectivity index (χ0n) is 13.6. The molecular formula is C18H17N5O2. The fourth-order valence-corrected chi connectivity index (χ4v) is 3.15. The van der Waals surface area contributed by atoms with Crippen LogP contribution in [-0.4, -0.2) is 37.0 Å². The molecule has 7 heteroatoms. The monoisotopic (exact) mass is 335 g/mol. The number of aromatic nitrogens is 4. The summed E-state index contributed by atoms with van der Waals surface area (Å²) in [7, 11) is 0. The minimum absolute atomic E-state index is 0.0331. The van der Waals surface area contributed by atoms with E-state index in [2.05, 4.69) is 19.7 Å². The highest BCUT2D eigenvalue weighted by molar-refractivity contribution is 5.94. The molecule has 1 amide bonds. The van der Waals surface area contributed by atoms with Gasteiger partial charge >= 0.3 is 0 Å². The molecule has 25 heavy (non-hydrogen) atoms. The average molecular weight is 335 g/mol. The Morgan fingerprint density at radius 3 is 2.80 bits per heavy atom. The molecule has 1 aliphatic heterocycles. The molecule has 0 unspecified atom stereocenters. The minimum Gasteiger partial charge on any atom is -0.339 e. The summed E-state index contributed by atoms with van der Waals surface area (Å²) in [6.07, 6.45) is 5.89. The number of benzene rings is 1. The Bertz CT molecular complexity index is 923. The van der Waals surface area contributed by atoms with E-state index in [1.54, 1.807) is 0 Å². The highest BCUT2D eigenvalue weighted by Crippen LogP contribution is 2.39. The predicted molar refractivity (Wildman–Crippen MR) is 88.7 cm³/mol. The first-order valence-corrected chi connectivity index (χ1v) is 8.50. The Kier molecular flexibility index (Phi) is 3.19. The third-order valence-corrected chi connectivity index (χ3v) is 4.81. The van der Waals surface area contributed by atoms with E-state index in [1.165, 1.54) is 0 Å². The smallest absolute Gasteiger partial charge is 0.254 e. The van der Waals surface area contributed by atoms with E-state index < -0.39 is 0 Å². The lowest BCUT2D eigenvalue weighted by Crippen LogP contribution is -2.37. The number of hydrogen-bond donors (Lipinski definition) is 0. The van der Waals surface area contributed by atoms with Crippen LogP contribution in [0, 0.1) is 0 Å². The van der Waals surface area contributed by atoms with Gasteiger partial charge in [-0.3, -0.25) is 4.79 Å². The van der Waals surface area contributed by atoms with Crippen LogP contribution in [0.15, 0.2) is 41.3 Å². The second-order valence-electron chi connectivity index (χ2n) is 6.61. The van der Waals surface area contributed by atoms with Crippen molar-refractivity contribution in [1.29, 1.82) is 0 Å². The lowest BCUT2D eigenvalue weighted by Gasteiger charge is -2.28. The molecule has 2 aromatic heterocycles. The second kappa shape index (κ2) is 5.54. The molecule has 1 saturated carbocycles. The Labute approximate surface area is 144 Å². The third-order valence-electron chi connectivity index (χ3n) is 4.81. The van der Waals surface area contributed by atoms with Gasteiger partial charge in [0.2, 0.25) is 11.7 Å². The summed E-state index contributed by atoms with van der Waals surface area (Å²) in [6.45, 7) is 2.07. The van der Waals surface area contributed by atoms with E-state index in [0.717, 1.165) is 36.5 Å². The average Bonchev–Trinajstić information content (AvgIpc) is 3.20. The largest absolute Gasteiger partial charge is 0.339 e. The lowest BCUT2D eigenvalue weighted by molar-refractivity contribution is 0.0711. The van der Waals surface area contributed by atoms with Crippen molar-refractivity contribution >= 4 is 5.91 Å². The third kappa shape index (κ3) is 2.61. The zero-order valence-corrected chi connectivity index (χ0v) is 13.6. The molecule has 0 saturated heterocycles. The van der Waals surface area contributed by atoms with Gasteiger partial charge < -0.3 is 14.0 Å². The number of carbonyl (C=O) groups excluding carboxylic acids is 1. The Morgan fingerprint density at radius 1 is 1.16 bits per heavy atom. The van der Waals surface area contributed by atoms with E-state index in [9.17, 15) is 4.79 Å². The number of nitrogens with zero attached hydrogens (tertiary/aromatic N) is 5. The standard InChI is InChI=1S/C18H17N5O2/c24-18(22-7-8-23-11-19-9-15(23)10-22)14-5-1-12(2-6-14)16-20-17(25-21-16)13-3-4-13/h1-2,5-6,9,11,13H,3-4,7-8,10H2. The van der Waals surface area contributed by atoms with Gasteiger partial charge in [-0.1, -0.05) is 17.3 Å². The summed E-state index contributed by atoms with van der Waals surface area (Å²) in [4.78, 5) is 23.2. The molecule has 0 spiro atoms. The number of imidazole rings is 1. The topological polar surface area (TPSA) is 77.0 Å². The summed E-state index contributed by atoms with van der Waals surface area (Å²) in [5.41, 5.74) is 2.60. The molecule has 1 aromatic carbocycles. The van der Waals surface area contributed by atoms with Crippen LogP contribution < -0.4 is 0 Å². The molecule has 2 aliphatic rings. The van der Waals surface area contributed by atoms with Gasteiger partial charge in [0.25, 0.3) is 5.91 Å². The number of rotatable bonds is 3. The van der Waals surface area contributed by atoms with Crippen LogP contribution in [0.4, 0.5) is 0 Å². The molecule has 0 bridgehead atoms. The van der Waals surface area contributed by atoms with Gasteiger partial charge in [0, 0.05) is 36.3 Å². The van der Waals surface area contributed by atoms with E-state index in [4.69, 9.17) is 4.52 Å². The molecule has 0 atom stereocenters. The first-order chi connectivity index (χ1) is 12.3. The van der Waals surface area contributed by atoms with Crippen LogP contribution in [0.3, 0.4) is 0 Å². The first-order valence-electron chi connectivity index (χ1n) is 8.50. The zero-order chi connectivity index (χ0) is 16.8. The van der Waals surface area contributed by atoms with Crippen molar-refractivity contribution in [2.75, 3.05) is 6.54 Å². The maximum Gasteiger partial charge on any atom is 0.254 e. The van der Waals surface area contributed by atoms with Crippen molar-refractivity contribution in [3.63, 3.8) is 0 Å². The van der Waals surface area contributed by atoms with Crippen LogP contribution in [0.25, 0.3) is 11.4 Å². The minimum atomic E-state index is 0.0331. The van der Waals surface area contributed by atoms with E-state index in [1.807, 2.05) is 41.7 Å². The molecule has 126 valence electrons. The van der Waals surface area contributed by atoms with Crippen molar-refractivity contribution in [2.45, 2.75) is 31.8 Å². The number of amides is 1. The summed E-state index contributed by atoms with van der Waals surface area (Å²) in [5.74, 6) is 1.78. The maximum atomic E-state index is 12.7. The normalized spacial score (nSPS) is 16.7. The van der Waals surface area contributed by atoms with Gasteiger partial charge in [-0.05, 0) is 25.0 Å². The van der Waals surface area contributed by atoms with Crippen molar-refractivity contribution in [3.8, 4) is 11.4 Å². The quantitative estimate of drug-likeness (QED) is 0.735. The summed E-state index contributed by atoms with van der Waals surface area (Å²) in [5, 5.41) is 4.04. The summed E-state index contributed by atoms with van der Waals surface area (Å²) in [6, 6.07) is 7.42. The SMILES string of the molecule is O=C(c1ccc(-c2noc(C3CC3)n2)cc1)N1CCn2cncc2C1. The van der Waals surface area contributed by atoms with E-state index in [0.29, 0.717) is 30.4 Å². The van der Waals surface area contributed by atoms with Crippen molar-refractivity contribution in [1.82, 2.24) is 24.6 Å². The van der Waals surface area contributed by atoms with Crippen LogP contribution >= 0.6 is 0 Å². The van der Waals surface area contributed by atoms with E-state index in [-0.39, 0.29) is 5.91 Å². The van der Waals surface area contributed by atoms with Crippen molar-refractivity contribution in [2.24, 2.45) is 0 Å². The number of fused-ring (bicyclic) bond motifs is 1. The Balaban J connectivity index is 1.33. The molecule has 3 aromatic rings. The molecule has 3 heterocycles. The fourth-order valence-electron chi connectivity index (χ4n) is 3.15. The predicted octanol–water partition coefficient (Wildman–Crippen LogP) is 2.47. The van der Waals surface area contributed by atoms with E-state index >= 15 is 0 Å². The van der Waals surface area contributed by atoms with Crippen LogP contribution in [0.2, 0.25) is 0 Å². The molecular weight excluding hydrogens is 318 g/mol. The molecule has 5 rings (SSSR count). The maximum absolute atomic E-state index is 12.7. The molecule has 1 aliphatic carbocycles. The summed E-state index contributed by atoms with van der Waals surface area (Å²) >= 11 is 0. The summed E-state index contributed by atoms with van der Waals surface area (Å²) < 4.78 is 7.38. The molecule has 0 radical (unpaired) electrons. The van der Waals surface area contributed by atoms with Gasteiger partial charge in [-0.2, -0.15) is 4.98 Å². The molecule has 0 N–H and O–H groups in total. The van der Waals surface area contributed by atoms with Crippen molar-refractivity contribution in [3.05, 3.63) is 53.9 Å².